The van der Waals surface area contributed by atoms with Gasteiger partial charge in [0.15, 0.2) is 0 Å². The van der Waals surface area contributed by atoms with Gasteiger partial charge in [0.2, 0.25) is 5.91 Å². The summed E-state index contributed by atoms with van der Waals surface area (Å²) >= 11 is 0. The quantitative estimate of drug-likeness (QED) is 0.846. The molecule has 1 aliphatic heterocycles. The van der Waals surface area contributed by atoms with Gasteiger partial charge in [0.05, 0.1) is 12.6 Å². The van der Waals surface area contributed by atoms with E-state index in [4.69, 9.17) is 0 Å². The smallest absolute Gasteiger partial charge is 0.237 e. The Balaban J connectivity index is 1.56. The average molecular weight is 322 g/mol. The molecule has 0 bridgehead atoms. The molecule has 3 fully saturated rings. The fourth-order valence-electron chi connectivity index (χ4n) is 4.48. The lowest BCUT2D eigenvalue weighted by Crippen LogP contribution is -2.50. The molecule has 3 aliphatic rings. The zero-order chi connectivity index (χ0) is 16.4. The largest absolute Gasteiger partial charge is 0.393 e. The minimum absolute atomic E-state index is 0.257. The molecule has 1 heterocycles. The summed E-state index contributed by atoms with van der Waals surface area (Å²) in [5.41, 5.74) is 0. The SMILES string of the molecule is CC1CCC(N(C(=O)CN2CCCC(C(C)O)C2)C2CC2)CC1. The molecule has 0 aromatic carbocycles. The first-order valence-corrected chi connectivity index (χ1v) is 9.76. The first-order chi connectivity index (χ1) is 11.0. The van der Waals surface area contributed by atoms with Crippen LogP contribution in [0.15, 0.2) is 0 Å². The fraction of sp³-hybridized carbons (Fsp3) is 0.947. The average Bonchev–Trinajstić information content (AvgIpc) is 3.34. The van der Waals surface area contributed by atoms with Gasteiger partial charge in [-0.15, -0.1) is 0 Å². The third-order valence-electron chi connectivity index (χ3n) is 6.19. The number of likely N-dealkylation sites (tertiary alicyclic amines) is 1. The van der Waals surface area contributed by atoms with Crippen molar-refractivity contribution in [3.8, 4) is 0 Å². The normalized spacial score (nSPS) is 34.1. The van der Waals surface area contributed by atoms with Crippen LogP contribution in [-0.4, -0.2) is 58.6 Å². The van der Waals surface area contributed by atoms with Crippen molar-refractivity contribution in [2.45, 2.75) is 83.4 Å². The van der Waals surface area contributed by atoms with E-state index in [1.165, 1.54) is 38.5 Å². The summed E-state index contributed by atoms with van der Waals surface area (Å²) in [6.45, 7) is 6.67. The van der Waals surface area contributed by atoms with Crippen molar-refractivity contribution in [2.75, 3.05) is 19.6 Å². The third kappa shape index (κ3) is 4.48. The number of hydrogen-bond acceptors (Lipinski definition) is 3. The monoisotopic (exact) mass is 322 g/mol. The Labute approximate surface area is 141 Å². The first-order valence-electron chi connectivity index (χ1n) is 9.76. The second kappa shape index (κ2) is 7.52. The maximum absolute atomic E-state index is 13.0. The van der Waals surface area contributed by atoms with Gasteiger partial charge >= 0.3 is 0 Å². The van der Waals surface area contributed by atoms with E-state index >= 15 is 0 Å². The van der Waals surface area contributed by atoms with E-state index in [0.29, 0.717) is 30.5 Å². The Morgan fingerprint density at radius 2 is 1.74 bits per heavy atom. The van der Waals surface area contributed by atoms with Gasteiger partial charge in [0, 0.05) is 18.6 Å². The van der Waals surface area contributed by atoms with Crippen LogP contribution in [0.5, 0.6) is 0 Å². The number of carbonyl (C=O) groups excluding carboxylic acids is 1. The maximum atomic E-state index is 13.0. The highest BCUT2D eigenvalue weighted by molar-refractivity contribution is 5.79. The Bertz CT molecular complexity index is 400. The van der Waals surface area contributed by atoms with Gasteiger partial charge in [0.25, 0.3) is 0 Å². The summed E-state index contributed by atoms with van der Waals surface area (Å²) in [5.74, 6) is 1.51. The fourth-order valence-corrected chi connectivity index (χ4v) is 4.48. The molecule has 0 aromatic heterocycles. The van der Waals surface area contributed by atoms with Crippen LogP contribution in [0.2, 0.25) is 0 Å². The number of carbonyl (C=O) groups is 1. The molecule has 4 heteroatoms. The Hall–Kier alpha value is -0.610. The molecule has 4 nitrogen and oxygen atoms in total. The number of amides is 1. The highest BCUT2D eigenvalue weighted by atomic mass is 16.3. The number of hydrogen-bond donors (Lipinski definition) is 1. The van der Waals surface area contributed by atoms with E-state index in [-0.39, 0.29) is 6.10 Å². The first kappa shape index (κ1) is 17.2. The second-order valence-electron chi connectivity index (χ2n) is 8.32. The van der Waals surface area contributed by atoms with Crippen LogP contribution in [0, 0.1) is 11.8 Å². The van der Waals surface area contributed by atoms with Crippen molar-refractivity contribution < 1.29 is 9.90 Å². The molecule has 132 valence electrons. The van der Waals surface area contributed by atoms with E-state index in [9.17, 15) is 9.90 Å². The molecule has 0 aromatic rings. The molecule has 0 spiro atoms. The Morgan fingerprint density at radius 1 is 1.13 bits per heavy atom. The van der Waals surface area contributed by atoms with Crippen LogP contribution in [0.3, 0.4) is 0 Å². The molecule has 3 rings (SSSR count). The minimum Gasteiger partial charge on any atom is -0.393 e. The van der Waals surface area contributed by atoms with Gasteiger partial charge in [-0.25, -0.2) is 0 Å². The van der Waals surface area contributed by atoms with Crippen LogP contribution in [0.1, 0.15) is 65.2 Å². The Morgan fingerprint density at radius 3 is 2.30 bits per heavy atom. The molecule has 2 unspecified atom stereocenters. The van der Waals surface area contributed by atoms with Crippen molar-refractivity contribution in [1.29, 1.82) is 0 Å². The molecule has 2 aliphatic carbocycles. The molecular weight excluding hydrogens is 288 g/mol. The number of nitrogens with zero attached hydrogens (tertiary/aromatic N) is 2. The zero-order valence-corrected chi connectivity index (χ0v) is 14.9. The molecule has 1 saturated heterocycles. The Kier molecular flexibility index (Phi) is 5.63. The summed E-state index contributed by atoms with van der Waals surface area (Å²) in [7, 11) is 0. The second-order valence-corrected chi connectivity index (χ2v) is 8.32. The molecule has 1 N–H and O–H groups in total. The standard InChI is InChI=1S/C19H34N2O2/c1-14-5-7-17(8-6-14)21(18-9-10-18)19(23)13-20-11-3-4-16(12-20)15(2)22/h14-18,22H,3-13H2,1-2H3. The predicted molar refractivity (Wildman–Crippen MR) is 92.1 cm³/mol. The number of piperidine rings is 1. The zero-order valence-electron chi connectivity index (χ0n) is 14.9. The predicted octanol–water partition coefficient (Wildman–Crippen LogP) is 2.65. The van der Waals surface area contributed by atoms with Crippen molar-refractivity contribution in [2.24, 2.45) is 11.8 Å². The molecular formula is C19H34N2O2. The molecule has 23 heavy (non-hydrogen) atoms. The molecule has 2 atom stereocenters. The van der Waals surface area contributed by atoms with E-state index in [1.54, 1.807) is 0 Å². The van der Waals surface area contributed by atoms with Crippen molar-refractivity contribution >= 4 is 5.91 Å². The highest BCUT2D eigenvalue weighted by Crippen LogP contribution is 2.35. The van der Waals surface area contributed by atoms with E-state index < -0.39 is 0 Å². The van der Waals surface area contributed by atoms with Crippen LogP contribution in [0.25, 0.3) is 0 Å². The van der Waals surface area contributed by atoms with Crippen molar-refractivity contribution in [1.82, 2.24) is 9.80 Å². The molecule has 0 radical (unpaired) electrons. The summed E-state index contributed by atoms with van der Waals surface area (Å²) in [5, 5.41) is 9.84. The van der Waals surface area contributed by atoms with Gasteiger partial charge in [0.1, 0.15) is 0 Å². The van der Waals surface area contributed by atoms with Gasteiger partial charge in [-0.2, -0.15) is 0 Å². The van der Waals surface area contributed by atoms with Crippen molar-refractivity contribution in [3.63, 3.8) is 0 Å². The summed E-state index contributed by atoms with van der Waals surface area (Å²) < 4.78 is 0. The number of aliphatic hydroxyl groups is 1. The third-order valence-corrected chi connectivity index (χ3v) is 6.19. The van der Waals surface area contributed by atoms with Crippen LogP contribution in [-0.2, 0) is 4.79 Å². The van der Waals surface area contributed by atoms with E-state index in [0.717, 1.165) is 31.8 Å². The molecule has 2 saturated carbocycles. The van der Waals surface area contributed by atoms with Crippen molar-refractivity contribution in [3.05, 3.63) is 0 Å². The van der Waals surface area contributed by atoms with Crippen LogP contribution in [0.4, 0.5) is 0 Å². The van der Waals surface area contributed by atoms with Gasteiger partial charge in [-0.1, -0.05) is 6.92 Å². The highest BCUT2D eigenvalue weighted by Gasteiger charge is 2.39. The van der Waals surface area contributed by atoms with E-state index in [1.807, 2.05) is 6.92 Å². The van der Waals surface area contributed by atoms with Crippen LogP contribution >= 0.6 is 0 Å². The van der Waals surface area contributed by atoms with Gasteiger partial charge in [-0.3, -0.25) is 9.69 Å². The summed E-state index contributed by atoms with van der Waals surface area (Å²) in [6.07, 6.45) is 9.28. The van der Waals surface area contributed by atoms with E-state index in [2.05, 4.69) is 16.7 Å². The summed E-state index contributed by atoms with van der Waals surface area (Å²) in [6, 6.07) is 1.02. The number of aliphatic hydroxyl groups excluding tert-OH is 1. The van der Waals surface area contributed by atoms with Crippen LogP contribution < -0.4 is 0 Å². The topological polar surface area (TPSA) is 43.8 Å². The van der Waals surface area contributed by atoms with Gasteiger partial charge < -0.3 is 10.0 Å². The van der Waals surface area contributed by atoms with Gasteiger partial charge in [-0.05, 0) is 76.7 Å². The number of rotatable bonds is 5. The minimum atomic E-state index is -0.257. The molecule has 1 amide bonds. The summed E-state index contributed by atoms with van der Waals surface area (Å²) in [4.78, 5) is 17.5. The lowest BCUT2D eigenvalue weighted by molar-refractivity contribution is -0.137. The lowest BCUT2D eigenvalue weighted by Gasteiger charge is -2.39. The maximum Gasteiger partial charge on any atom is 0.237 e. The lowest BCUT2D eigenvalue weighted by atomic mass is 9.86.